The summed E-state index contributed by atoms with van der Waals surface area (Å²) in [5.41, 5.74) is 0.0558. The number of anilines is 1. The van der Waals surface area contributed by atoms with E-state index in [1.165, 1.54) is 6.08 Å². The van der Waals surface area contributed by atoms with Gasteiger partial charge in [-0.3, -0.25) is 9.69 Å². The minimum Gasteiger partial charge on any atom is -0.436 e. The number of carbonyl (C=O) groups excluding carboxylic acids is 2. The number of hydrogen-bond acceptors (Lipinski definition) is 3. The molecule has 1 fully saturated rings. The van der Waals surface area contributed by atoms with Crippen LogP contribution in [-0.2, 0) is 9.53 Å². The van der Waals surface area contributed by atoms with Crippen LogP contribution in [0.5, 0.6) is 0 Å². The summed E-state index contributed by atoms with van der Waals surface area (Å²) in [7, 11) is 0. The number of amides is 1. The number of para-hydroxylation sites is 1. The molecule has 0 N–H and O–H groups in total. The van der Waals surface area contributed by atoms with Gasteiger partial charge in [0.1, 0.15) is 0 Å². The van der Waals surface area contributed by atoms with Crippen LogP contribution in [0.15, 0.2) is 42.5 Å². The van der Waals surface area contributed by atoms with Crippen molar-refractivity contribution in [1.29, 1.82) is 0 Å². The number of carbonyl (C=O) groups is 2. The van der Waals surface area contributed by atoms with Crippen molar-refractivity contribution in [3.8, 4) is 0 Å². The van der Waals surface area contributed by atoms with Gasteiger partial charge in [0.25, 0.3) is 0 Å². The van der Waals surface area contributed by atoms with E-state index in [1.807, 2.05) is 37.3 Å². The molecular formula is C14H13NO3. The number of allylic oxidation sites excluding steroid dienone is 1. The van der Waals surface area contributed by atoms with Crippen LogP contribution >= 0.6 is 0 Å². The standard InChI is InChI=1S/C14H13NO3/c1-14-8-7-11(16)9-12(14)15(13(17)18-14)10-5-3-2-4-6-10/h2-8,12H,9H2,1H3/t12-,14+/m0/s1. The molecule has 1 aliphatic carbocycles. The Morgan fingerprint density at radius 2 is 2.00 bits per heavy atom. The molecule has 0 saturated carbocycles. The zero-order valence-corrected chi connectivity index (χ0v) is 10.00. The fraction of sp³-hybridized carbons (Fsp3) is 0.286. The Morgan fingerprint density at radius 3 is 2.72 bits per heavy atom. The Kier molecular flexibility index (Phi) is 2.26. The van der Waals surface area contributed by atoms with Gasteiger partial charge in [-0.05, 0) is 31.2 Å². The summed E-state index contributed by atoms with van der Waals surface area (Å²) in [5.74, 6) is 0.0247. The maximum Gasteiger partial charge on any atom is 0.415 e. The molecule has 4 nitrogen and oxygen atoms in total. The van der Waals surface area contributed by atoms with Crippen molar-refractivity contribution >= 4 is 17.6 Å². The number of fused-ring (bicyclic) bond motifs is 1. The number of benzene rings is 1. The van der Waals surface area contributed by atoms with Gasteiger partial charge in [-0.15, -0.1) is 0 Å². The molecule has 2 atom stereocenters. The highest BCUT2D eigenvalue weighted by molar-refractivity contribution is 5.98. The maximum absolute atomic E-state index is 12.0. The number of hydrogen-bond donors (Lipinski definition) is 0. The summed E-state index contributed by atoms with van der Waals surface area (Å²) in [4.78, 5) is 25.1. The SMILES string of the molecule is C[C@@]12C=CC(=O)C[C@@H]1N(c1ccccc1)C(=O)O2. The summed E-state index contributed by atoms with van der Waals surface area (Å²) in [6.07, 6.45) is 3.09. The number of rotatable bonds is 1. The van der Waals surface area contributed by atoms with E-state index in [-0.39, 0.29) is 11.8 Å². The number of ether oxygens (including phenoxy) is 1. The molecule has 1 aliphatic heterocycles. The molecule has 92 valence electrons. The van der Waals surface area contributed by atoms with Gasteiger partial charge < -0.3 is 4.74 Å². The maximum atomic E-state index is 12.0. The minimum absolute atomic E-state index is 0.0247. The Balaban J connectivity index is 2.04. The second kappa shape index (κ2) is 3.70. The van der Waals surface area contributed by atoms with Gasteiger partial charge in [-0.25, -0.2) is 4.79 Å². The molecule has 4 heteroatoms. The first kappa shape index (κ1) is 11.0. The fourth-order valence-corrected chi connectivity index (χ4v) is 2.52. The molecule has 18 heavy (non-hydrogen) atoms. The lowest BCUT2D eigenvalue weighted by atomic mass is 9.86. The lowest BCUT2D eigenvalue weighted by Gasteiger charge is -2.31. The van der Waals surface area contributed by atoms with Crippen LogP contribution in [0.2, 0.25) is 0 Å². The largest absolute Gasteiger partial charge is 0.436 e. The van der Waals surface area contributed by atoms with Crippen molar-refractivity contribution < 1.29 is 14.3 Å². The van der Waals surface area contributed by atoms with E-state index in [2.05, 4.69) is 0 Å². The highest BCUT2D eigenvalue weighted by Gasteiger charge is 2.52. The predicted octanol–water partition coefficient (Wildman–Crippen LogP) is 2.30. The van der Waals surface area contributed by atoms with Gasteiger partial charge in [0.15, 0.2) is 11.4 Å². The van der Waals surface area contributed by atoms with Crippen LogP contribution in [0.1, 0.15) is 13.3 Å². The third-order valence-electron chi connectivity index (χ3n) is 3.51. The van der Waals surface area contributed by atoms with E-state index in [1.54, 1.807) is 11.0 Å². The average molecular weight is 243 g/mol. The molecule has 0 aromatic heterocycles. The Labute approximate surface area is 105 Å². The van der Waals surface area contributed by atoms with Crippen molar-refractivity contribution in [2.75, 3.05) is 4.90 Å². The van der Waals surface area contributed by atoms with Crippen LogP contribution in [0.4, 0.5) is 10.5 Å². The van der Waals surface area contributed by atoms with E-state index in [4.69, 9.17) is 4.74 Å². The summed E-state index contributed by atoms with van der Waals surface area (Å²) < 4.78 is 5.42. The van der Waals surface area contributed by atoms with Gasteiger partial charge in [0.05, 0.1) is 6.04 Å². The molecule has 0 bridgehead atoms. The fourth-order valence-electron chi connectivity index (χ4n) is 2.52. The molecule has 0 unspecified atom stereocenters. The molecule has 3 rings (SSSR count). The second-order valence-corrected chi connectivity index (χ2v) is 4.78. The smallest absolute Gasteiger partial charge is 0.415 e. The Hall–Kier alpha value is -2.10. The summed E-state index contributed by atoms with van der Waals surface area (Å²) in [6, 6.07) is 9.03. The van der Waals surface area contributed by atoms with E-state index in [0.717, 1.165) is 5.69 Å². The molecule has 0 spiro atoms. The Morgan fingerprint density at radius 1 is 1.28 bits per heavy atom. The quantitative estimate of drug-likeness (QED) is 0.760. The van der Waals surface area contributed by atoms with Crippen LogP contribution < -0.4 is 4.90 Å². The lowest BCUT2D eigenvalue weighted by Crippen LogP contribution is -2.45. The second-order valence-electron chi connectivity index (χ2n) is 4.78. The molecule has 1 saturated heterocycles. The zero-order valence-electron chi connectivity index (χ0n) is 10.00. The number of nitrogens with zero attached hydrogens (tertiary/aromatic N) is 1. The van der Waals surface area contributed by atoms with E-state index in [0.29, 0.717) is 6.42 Å². The van der Waals surface area contributed by atoms with Crippen LogP contribution in [0, 0.1) is 0 Å². The van der Waals surface area contributed by atoms with Crippen molar-refractivity contribution in [3.63, 3.8) is 0 Å². The molecule has 0 radical (unpaired) electrons. The van der Waals surface area contributed by atoms with E-state index < -0.39 is 11.7 Å². The molecule has 1 heterocycles. The van der Waals surface area contributed by atoms with Crippen molar-refractivity contribution in [1.82, 2.24) is 0 Å². The van der Waals surface area contributed by atoms with Crippen molar-refractivity contribution in [2.45, 2.75) is 25.0 Å². The van der Waals surface area contributed by atoms with Crippen LogP contribution in [0.3, 0.4) is 0 Å². The van der Waals surface area contributed by atoms with Gasteiger partial charge in [-0.2, -0.15) is 0 Å². The molecular weight excluding hydrogens is 230 g/mol. The van der Waals surface area contributed by atoms with Crippen LogP contribution in [0.25, 0.3) is 0 Å². The molecule has 1 aromatic rings. The first-order valence-electron chi connectivity index (χ1n) is 5.89. The van der Waals surface area contributed by atoms with E-state index >= 15 is 0 Å². The van der Waals surface area contributed by atoms with Gasteiger partial charge in [0, 0.05) is 12.1 Å². The number of ketones is 1. The zero-order chi connectivity index (χ0) is 12.8. The highest BCUT2D eigenvalue weighted by Crippen LogP contribution is 2.38. The summed E-state index contributed by atoms with van der Waals surface area (Å²) >= 11 is 0. The first-order chi connectivity index (χ1) is 8.60. The predicted molar refractivity (Wildman–Crippen MR) is 66.4 cm³/mol. The monoisotopic (exact) mass is 243 g/mol. The third-order valence-corrected chi connectivity index (χ3v) is 3.51. The van der Waals surface area contributed by atoms with E-state index in [9.17, 15) is 9.59 Å². The normalized spacial score (nSPS) is 30.3. The topological polar surface area (TPSA) is 46.6 Å². The average Bonchev–Trinajstić information content (AvgIpc) is 2.61. The summed E-state index contributed by atoms with van der Waals surface area (Å²) in [6.45, 7) is 1.83. The summed E-state index contributed by atoms with van der Waals surface area (Å²) in [5, 5.41) is 0. The van der Waals surface area contributed by atoms with Gasteiger partial charge >= 0.3 is 6.09 Å². The van der Waals surface area contributed by atoms with Crippen LogP contribution in [-0.4, -0.2) is 23.5 Å². The van der Waals surface area contributed by atoms with Crippen molar-refractivity contribution in [2.24, 2.45) is 0 Å². The van der Waals surface area contributed by atoms with Gasteiger partial charge in [-0.1, -0.05) is 18.2 Å². The molecule has 1 aromatic carbocycles. The minimum atomic E-state index is -0.708. The van der Waals surface area contributed by atoms with Crippen molar-refractivity contribution in [3.05, 3.63) is 42.5 Å². The molecule has 1 amide bonds. The lowest BCUT2D eigenvalue weighted by molar-refractivity contribution is -0.116. The molecule has 2 aliphatic rings. The highest BCUT2D eigenvalue weighted by atomic mass is 16.6. The first-order valence-corrected chi connectivity index (χ1v) is 5.89. The Bertz CT molecular complexity index is 537. The van der Waals surface area contributed by atoms with Gasteiger partial charge in [0.2, 0.25) is 0 Å². The third kappa shape index (κ3) is 1.53.